The van der Waals surface area contributed by atoms with E-state index in [-0.39, 0.29) is 24.4 Å². The van der Waals surface area contributed by atoms with Crippen LogP contribution in [0.5, 0.6) is 0 Å². The highest BCUT2D eigenvalue weighted by atomic mass is 16.6. The standard InChI is InChI=1S/C29H32N4O6/c1-6-9-21-16-23(17-30)31(19-21)22-14-12-20(13-15-22)18-32(28(35)39-29(3,4)5)26-24(27(34)38-7-2)10-8-11-25(26)33(36)37/h8,10-16,19H,6-7,9,18H2,1-5H3. The highest BCUT2D eigenvalue weighted by molar-refractivity contribution is 6.03. The maximum Gasteiger partial charge on any atom is 0.415 e. The number of nitriles is 1. The smallest absolute Gasteiger partial charge is 0.415 e. The van der Waals surface area contributed by atoms with Gasteiger partial charge in [-0.3, -0.25) is 15.0 Å². The molecular weight excluding hydrogens is 500 g/mol. The largest absolute Gasteiger partial charge is 0.462 e. The number of hydrogen-bond donors (Lipinski definition) is 0. The van der Waals surface area contributed by atoms with Gasteiger partial charge in [0.15, 0.2) is 0 Å². The maximum absolute atomic E-state index is 13.4. The summed E-state index contributed by atoms with van der Waals surface area (Å²) in [7, 11) is 0. The molecule has 0 aliphatic heterocycles. The lowest BCUT2D eigenvalue weighted by Crippen LogP contribution is -2.37. The molecule has 0 saturated carbocycles. The summed E-state index contributed by atoms with van der Waals surface area (Å²) >= 11 is 0. The number of nitrogens with zero attached hydrogens (tertiary/aromatic N) is 4. The van der Waals surface area contributed by atoms with Gasteiger partial charge in [0.2, 0.25) is 0 Å². The van der Waals surface area contributed by atoms with E-state index in [2.05, 4.69) is 13.0 Å². The van der Waals surface area contributed by atoms with E-state index in [1.807, 2.05) is 12.3 Å². The topological polar surface area (TPSA) is 128 Å². The van der Waals surface area contributed by atoms with Crippen LogP contribution in [-0.4, -0.2) is 33.8 Å². The van der Waals surface area contributed by atoms with Gasteiger partial charge in [0.05, 0.1) is 23.6 Å². The van der Waals surface area contributed by atoms with Crippen LogP contribution < -0.4 is 4.90 Å². The zero-order valence-electron chi connectivity index (χ0n) is 22.8. The van der Waals surface area contributed by atoms with Gasteiger partial charge in [0.25, 0.3) is 5.69 Å². The normalized spacial score (nSPS) is 11.0. The highest BCUT2D eigenvalue weighted by Crippen LogP contribution is 2.35. The molecule has 3 rings (SSSR count). The minimum atomic E-state index is -0.898. The average Bonchev–Trinajstić information content (AvgIpc) is 3.29. The van der Waals surface area contributed by atoms with Crippen molar-refractivity contribution in [1.29, 1.82) is 5.26 Å². The van der Waals surface area contributed by atoms with E-state index in [1.54, 1.807) is 56.5 Å². The first-order valence-corrected chi connectivity index (χ1v) is 12.6. The Hall–Kier alpha value is -4.65. The number of para-hydroxylation sites is 1. The number of benzene rings is 2. The fourth-order valence-corrected chi connectivity index (χ4v) is 4.08. The minimum Gasteiger partial charge on any atom is -0.462 e. The molecule has 0 aliphatic carbocycles. The number of esters is 1. The number of aromatic nitrogens is 1. The molecular formula is C29H32N4O6. The van der Waals surface area contributed by atoms with Crippen molar-refractivity contribution >= 4 is 23.4 Å². The molecule has 1 heterocycles. The lowest BCUT2D eigenvalue weighted by Gasteiger charge is -2.28. The van der Waals surface area contributed by atoms with Crippen molar-refractivity contribution in [1.82, 2.24) is 4.57 Å². The summed E-state index contributed by atoms with van der Waals surface area (Å²) in [6.07, 6.45) is 2.87. The van der Waals surface area contributed by atoms with Crippen LogP contribution in [0.25, 0.3) is 5.69 Å². The Morgan fingerprint density at radius 2 is 1.79 bits per heavy atom. The summed E-state index contributed by atoms with van der Waals surface area (Å²) in [6, 6.07) is 15.1. The minimum absolute atomic E-state index is 0.0545. The molecule has 0 aliphatic rings. The number of carbonyl (C=O) groups excluding carboxylic acids is 2. The Bertz CT molecular complexity index is 1400. The van der Waals surface area contributed by atoms with E-state index < -0.39 is 28.3 Å². The fraction of sp³-hybridized carbons (Fsp3) is 0.345. The molecule has 1 amide bonds. The first-order chi connectivity index (χ1) is 18.5. The van der Waals surface area contributed by atoms with Crippen LogP contribution in [0.1, 0.15) is 68.2 Å². The number of nitro groups is 1. The summed E-state index contributed by atoms with van der Waals surface area (Å²) in [5.41, 5.74) is 1.26. The molecule has 1 aromatic heterocycles. The van der Waals surface area contributed by atoms with E-state index in [9.17, 15) is 25.0 Å². The lowest BCUT2D eigenvalue weighted by atomic mass is 10.1. The average molecular weight is 533 g/mol. The van der Waals surface area contributed by atoms with Gasteiger partial charge >= 0.3 is 12.1 Å². The molecule has 10 heteroatoms. The second-order valence-corrected chi connectivity index (χ2v) is 9.85. The van der Waals surface area contributed by atoms with Gasteiger partial charge in [-0.1, -0.05) is 31.5 Å². The lowest BCUT2D eigenvalue weighted by molar-refractivity contribution is -0.384. The van der Waals surface area contributed by atoms with E-state index >= 15 is 0 Å². The van der Waals surface area contributed by atoms with E-state index in [4.69, 9.17) is 9.47 Å². The van der Waals surface area contributed by atoms with Crippen molar-refractivity contribution < 1.29 is 24.0 Å². The molecule has 0 saturated heterocycles. The monoisotopic (exact) mass is 532 g/mol. The van der Waals surface area contributed by atoms with Gasteiger partial charge in [-0.05, 0) is 69.5 Å². The molecule has 0 fully saturated rings. The first-order valence-electron chi connectivity index (χ1n) is 12.6. The van der Waals surface area contributed by atoms with Gasteiger partial charge < -0.3 is 14.0 Å². The zero-order valence-corrected chi connectivity index (χ0v) is 22.8. The molecule has 0 radical (unpaired) electrons. The summed E-state index contributed by atoms with van der Waals surface area (Å²) in [4.78, 5) is 38.6. The first kappa shape index (κ1) is 28.9. The summed E-state index contributed by atoms with van der Waals surface area (Å²) < 4.78 is 12.5. The number of amides is 1. The summed E-state index contributed by atoms with van der Waals surface area (Å²) in [5.74, 6) is -0.792. The van der Waals surface area contributed by atoms with Gasteiger partial charge in [-0.2, -0.15) is 5.26 Å². The maximum atomic E-state index is 13.4. The highest BCUT2D eigenvalue weighted by Gasteiger charge is 2.33. The number of hydrogen-bond acceptors (Lipinski definition) is 7. The van der Waals surface area contributed by atoms with Crippen molar-refractivity contribution in [3.05, 3.63) is 87.2 Å². The predicted molar refractivity (Wildman–Crippen MR) is 146 cm³/mol. The number of ether oxygens (including phenoxy) is 2. The van der Waals surface area contributed by atoms with Gasteiger partial charge in [0, 0.05) is 18.0 Å². The van der Waals surface area contributed by atoms with E-state index in [0.29, 0.717) is 11.3 Å². The molecule has 10 nitrogen and oxygen atoms in total. The Balaban J connectivity index is 2.08. The Labute approximate surface area is 227 Å². The van der Waals surface area contributed by atoms with Crippen LogP contribution in [0, 0.1) is 21.4 Å². The third-order valence-corrected chi connectivity index (χ3v) is 5.68. The quantitative estimate of drug-likeness (QED) is 0.179. The zero-order chi connectivity index (χ0) is 28.7. The Kier molecular flexibility index (Phi) is 9.09. The van der Waals surface area contributed by atoms with Crippen molar-refractivity contribution in [2.24, 2.45) is 0 Å². The number of rotatable bonds is 9. The molecule has 39 heavy (non-hydrogen) atoms. The molecule has 0 unspecified atom stereocenters. The Morgan fingerprint density at radius 1 is 1.10 bits per heavy atom. The molecule has 3 aromatic rings. The van der Waals surface area contributed by atoms with Gasteiger partial charge in [0.1, 0.15) is 23.1 Å². The van der Waals surface area contributed by atoms with Crippen LogP contribution >= 0.6 is 0 Å². The molecule has 0 spiro atoms. The van der Waals surface area contributed by atoms with Crippen LogP contribution in [0.4, 0.5) is 16.2 Å². The number of aryl methyl sites for hydroxylation is 1. The second kappa shape index (κ2) is 12.3. The molecule has 0 bridgehead atoms. The third kappa shape index (κ3) is 7.02. The van der Waals surface area contributed by atoms with Crippen LogP contribution in [0.2, 0.25) is 0 Å². The van der Waals surface area contributed by atoms with E-state index in [1.165, 1.54) is 18.2 Å². The number of anilines is 1. The fourth-order valence-electron chi connectivity index (χ4n) is 4.08. The van der Waals surface area contributed by atoms with Crippen molar-refractivity contribution in [2.75, 3.05) is 11.5 Å². The van der Waals surface area contributed by atoms with Crippen molar-refractivity contribution in [2.45, 2.75) is 59.6 Å². The van der Waals surface area contributed by atoms with Crippen LogP contribution in [0.3, 0.4) is 0 Å². The SMILES string of the molecule is CCCc1cc(C#N)n(-c2ccc(CN(C(=O)OC(C)(C)C)c3c(C(=O)OCC)cccc3[N+](=O)[O-])cc2)c1. The Morgan fingerprint density at radius 3 is 2.36 bits per heavy atom. The summed E-state index contributed by atoms with van der Waals surface area (Å²) in [5, 5.41) is 21.5. The molecule has 204 valence electrons. The van der Waals surface area contributed by atoms with Gasteiger partial charge in [-0.25, -0.2) is 9.59 Å². The second-order valence-electron chi connectivity index (χ2n) is 9.85. The summed E-state index contributed by atoms with van der Waals surface area (Å²) in [6.45, 7) is 8.67. The number of carbonyl (C=O) groups is 2. The van der Waals surface area contributed by atoms with Gasteiger partial charge in [-0.15, -0.1) is 0 Å². The number of nitro benzene ring substituents is 1. The van der Waals surface area contributed by atoms with Crippen molar-refractivity contribution in [3.8, 4) is 11.8 Å². The molecule has 0 atom stereocenters. The predicted octanol–water partition coefficient (Wildman–Crippen LogP) is 6.33. The van der Waals surface area contributed by atoms with E-state index in [0.717, 1.165) is 29.0 Å². The van der Waals surface area contributed by atoms with Crippen molar-refractivity contribution in [3.63, 3.8) is 0 Å². The molecule has 2 aromatic carbocycles. The molecule has 0 N–H and O–H groups in total. The van der Waals surface area contributed by atoms with Crippen LogP contribution in [-0.2, 0) is 22.4 Å². The van der Waals surface area contributed by atoms with Crippen LogP contribution in [0.15, 0.2) is 54.7 Å². The third-order valence-electron chi connectivity index (χ3n) is 5.68.